The summed E-state index contributed by atoms with van der Waals surface area (Å²) in [5.74, 6) is -0.203. The van der Waals surface area contributed by atoms with E-state index < -0.39 is 0 Å². The second-order valence-electron chi connectivity index (χ2n) is 5.68. The van der Waals surface area contributed by atoms with E-state index in [-0.39, 0.29) is 18.2 Å². The van der Waals surface area contributed by atoms with Crippen LogP contribution in [0.2, 0.25) is 5.02 Å². The number of carbonyl (C=O) groups excluding carboxylic acids is 2. The molecule has 0 aromatic heterocycles. The number of nitrogens with one attached hydrogen (secondary N) is 1. The summed E-state index contributed by atoms with van der Waals surface area (Å²) < 4.78 is 5.29. The first-order valence-corrected chi connectivity index (χ1v) is 8.55. The first-order chi connectivity index (χ1) is 11.6. The fourth-order valence-electron chi connectivity index (χ4n) is 2.60. The third-order valence-electron chi connectivity index (χ3n) is 3.94. The summed E-state index contributed by atoms with van der Waals surface area (Å²) in [5.41, 5.74) is 0.632. The number of nitrogens with zero attached hydrogens (tertiary/aromatic N) is 2. The average Bonchev–Trinajstić information content (AvgIpc) is 2.57. The van der Waals surface area contributed by atoms with E-state index in [4.69, 9.17) is 16.3 Å². The number of rotatable bonds is 7. The molecule has 0 spiro atoms. The Morgan fingerprint density at radius 2 is 2.00 bits per heavy atom. The summed E-state index contributed by atoms with van der Waals surface area (Å²) in [6.07, 6.45) is 0.244. The molecule has 0 aliphatic carbocycles. The number of carbonyl (C=O) groups is 2. The highest BCUT2D eigenvalue weighted by atomic mass is 35.5. The second kappa shape index (κ2) is 9.61. The van der Waals surface area contributed by atoms with Gasteiger partial charge in [-0.15, -0.1) is 0 Å². The maximum absolute atomic E-state index is 12.0. The van der Waals surface area contributed by atoms with Crippen molar-refractivity contribution in [2.24, 2.45) is 0 Å². The largest absolute Gasteiger partial charge is 0.379 e. The van der Waals surface area contributed by atoms with E-state index in [1.807, 2.05) is 12.1 Å². The first kappa shape index (κ1) is 18.7. The topological polar surface area (TPSA) is 61.9 Å². The molecule has 24 heavy (non-hydrogen) atoms. The van der Waals surface area contributed by atoms with Crippen molar-refractivity contribution >= 4 is 29.1 Å². The number of hydrogen-bond donors (Lipinski definition) is 1. The number of anilines is 1. The van der Waals surface area contributed by atoms with Crippen molar-refractivity contribution in [1.82, 2.24) is 10.2 Å². The Kier molecular flexibility index (Phi) is 7.49. The highest BCUT2D eigenvalue weighted by molar-refractivity contribution is 6.33. The minimum Gasteiger partial charge on any atom is -0.379 e. The molecule has 1 fully saturated rings. The quantitative estimate of drug-likeness (QED) is 0.807. The van der Waals surface area contributed by atoms with Gasteiger partial charge in [-0.2, -0.15) is 0 Å². The fourth-order valence-corrected chi connectivity index (χ4v) is 2.84. The van der Waals surface area contributed by atoms with E-state index in [1.54, 1.807) is 12.1 Å². The lowest BCUT2D eigenvalue weighted by Crippen LogP contribution is -2.42. The zero-order valence-corrected chi connectivity index (χ0v) is 14.7. The molecule has 0 radical (unpaired) electrons. The van der Waals surface area contributed by atoms with Crippen LogP contribution in [0.4, 0.5) is 5.69 Å². The van der Waals surface area contributed by atoms with Crippen molar-refractivity contribution in [2.75, 3.05) is 50.8 Å². The standard InChI is InChI=1S/C17H24ClN3O3/c1-14(22)21(16-5-3-2-4-15(16)18)8-6-17(23)19-7-9-20-10-12-24-13-11-20/h2-5H,6-13H2,1H3,(H,19,23). The van der Waals surface area contributed by atoms with Gasteiger partial charge in [0.05, 0.1) is 23.9 Å². The average molecular weight is 354 g/mol. The molecular weight excluding hydrogens is 330 g/mol. The summed E-state index contributed by atoms with van der Waals surface area (Å²) >= 11 is 6.14. The van der Waals surface area contributed by atoms with Crippen LogP contribution in [0.25, 0.3) is 0 Å². The molecule has 1 N–H and O–H groups in total. The van der Waals surface area contributed by atoms with E-state index >= 15 is 0 Å². The Morgan fingerprint density at radius 3 is 2.67 bits per heavy atom. The molecule has 2 rings (SSSR count). The lowest BCUT2D eigenvalue weighted by atomic mass is 10.2. The molecule has 7 heteroatoms. The molecule has 2 amide bonds. The third-order valence-corrected chi connectivity index (χ3v) is 4.26. The number of ether oxygens (including phenoxy) is 1. The molecule has 132 valence electrons. The molecule has 1 aliphatic rings. The van der Waals surface area contributed by atoms with E-state index in [9.17, 15) is 9.59 Å². The Balaban J connectivity index is 1.76. The van der Waals surface area contributed by atoms with Crippen LogP contribution in [0, 0.1) is 0 Å². The van der Waals surface area contributed by atoms with Crippen molar-refractivity contribution in [3.63, 3.8) is 0 Å². The van der Waals surface area contributed by atoms with Crippen LogP contribution in [-0.4, -0.2) is 62.7 Å². The van der Waals surface area contributed by atoms with Gasteiger partial charge in [0.1, 0.15) is 0 Å². The summed E-state index contributed by atoms with van der Waals surface area (Å²) in [5, 5.41) is 3.40. The van der Waals surface area contributed by atoms with Crippen LogP contribution < -0.4 is 10.2 Å². The lowest BCUT2D eigenvalue weighted by molar-refractivity contribution is -0.121. The number of hydrogen-bond acceptors (Lipinski definition) is 4. The Labute approximate surface area is 147 Å². The number of para-hydroxylation sites is 1. The van der Waals surface area contributed by atoms with Crippen LogP contribution in [0.15, 0.2) is 24.3 Å². The summed E-state index contributed by atoms with van der Waals surface area (Å²) in [6.45, 7) is 6.50. The highest BCUT2D eigenvalue weighted by Crippen LogP contribution is 2.25. The number of amides is 2. The monoisotopic (exact) mass is 353 g/mol. The van der Waals surface area contributed by atoms with Crippen LogP contribution >= 0.6 is 11.6 Å². The summed E-state index contributed by atoms with van der Waals surface area (Å²) in [4.78, 5) is 27.6. The molecule has 0 bridgehead atoms. The second-order valence-corrected chi connectivity index (χ2v) is 6.08. The first-order valence-electron chi connectivity index (χ1n) is 8.17. The predicted molar refractivity (Wildman–Crippen MR) is 94.4 cm³/mol. The van der Waals surface area contributed by atoms with Crippen molar-refractivity contribution in [3.05, 3.63) is 29.3 Å². The van der Waals surface area contributed by atoms with Gasteiger partial charge in [0.2, 0.25) is 11.8 Å². The van der Waals surface area contributed by atoms with Crippen molar-refractivity contribution in [3.8, 4) is 0 Å². The molecule has 0 atom stereocenters. The highest BCUT2D eigenvalue weighted by Gasteiger charge is 2.16. The van der Waals surface area contributed by atoms with Gasteiger partial charge in [0.15, 0.2) is 0 Å². The normalized spacial score (nSPS) is 15.1. The predicted octanol–water partition coefficient (Wildman–Crippen LogP) is 1.53. The molecule has 1 saturated heterocycles. The molecule has 6 nitrogen and oxygen atoms in total. The van der Waals surface area contributed by atoms with Gasteiger partial charge >= 0.3 is 0 Å². The van der Waals surface area contributed by atoms with Crippen molar-refractivity contribution in [1.29, 1.82) is 0 Å². The molecule has 0 unspecified atom stereocenters. The zero-order chi connectivity index (χ0) is 17.4. The number of benzene rings is 1. The van der Waals surface area contributed by atoms with Gasteiger partial charge in [0.25, 0.3) is 0 Å². The van der Waals surface area contributed by atoms with E-state index in [0.717, 1.165) is 32.8 Å². The van der Waals surface area contributed by atoms with Gasteiger partial charge in [-0.05, 0) is 12.1 Å². The maximum atomic E-state index is 12.0. The van der Waals surface area contributed by atoms with Gasteiger partial charge in [-0.3, -0.25) is 14.5 Å². The van der Waals surface area contributed by atoms with Crippen LogP contribution in [0.3, 0.4) is 0 Å². The summed E-state index contributed by atoms with van der Waals surface area (Å²) in [6, 6.07) is 7.14. The van der Waals surface area contributed by atoms with Crippen LogP contribution in [0.5, 0.6) is 0 Å². The van der Waals surface area contributed by atoms with E-state index in [2.05, 4.69) is 10.2 Å². The maximum Gasteiger partial charge on any atom is 0.223 e. The molecule has 1 aromatic carbocycles. The Bertz CT molecular complexity index is 562. The van der Waals surface area contributed by atoms with Gasteiger partial charge in [-0.1, -0.05) is 23.7 Å². The SMILES string of the molecule is CC(=O)N(CCC(=O)NCCN1CCOCC1)c1ccccc1Cl. The van der Waals surface area contributed by atoms with E-state index in [0.29, 0.717) is 23.8 Å². The zero-order valence-electron chi connectivity index (χ0n) is 14.0. The number of morpholine rings is 1. The lowest BCUT2D eigenvalue weighted by Gasteiger charge is -2.26. The van der Waals surface area contributed by atoms with Crippen LogP contribution in [0.1, 0.15) is 13.3 Å². The summed E-state index contributed by atoms with van der Waals surface area (Å²) in [7, 11) is 0. The smallest absolute Gasteiger partial charge is 0.223 e. The van der Waals surface area contributed by atoms with Gasteiger partial charge in [0, 0.05) is 46.1 Å². The fraction of sp³-hybridized carbons (Fsp3) is 0.529. The van der Waals surface area contributed by atoms with Crippen LogP contribution in [-0.2, 0) is 14.3 Å². The number of halogens is 1. The van der Waals surface area contributed by atoms with Crippen molar-refractivity contribution < 1.29 is 14.3 Å². The Hall–Kier alpha value is -1.63. The van der Waals surface area contributed by atoms with Crippen molar-refractivity contribution in [2.45, 2.75) is 13.3 Å². The Morgan fingerprint density at radius 1 is 1.29 bits per heavy atom. The molecule has 0 saturated carbocycles. The molecule has 1 aliphatic heterocycles. The molecular formula is C17H24ClN3O3. The van der Waals surface area contributed by atoms with E-state index in [1.165, 1.54) is 11.8 Å². The minimum atomic E-state index is -0.135. The minimum absolute atomic E-state index is 0.0680. The molecule has 1 heterocycles. The third kappa shape index (κ3) is 5.78. The van der Waals surface area contributed by atoms with Gasteiger partial charge < -0.3 is 15.0 Å². The molecule has 1 aromatic rings. The van der Waals surface area contributed by atoms with Gasteiger partial charge in [-0.25, -0.2) is 0 Å².